The molecule has 162 valence electrons. The number of rotatable bonds is 7. The molecule has 1 aromatic carbocycles. The highest BCUT2D eigenvalue weighted by molar-refractivity contribution is 5.96. The molecule has 6 heteroatoms. The van der Waals surface area contributed by atoms with Crippen molar-refractivity contribution < 1.29 is 19.1 Å². The van der Waals surface area contributed by atoms with Crippen LogP contribution in [0, 0.1) is 5.41 Å². The van der Waals surface area contributed by atoms with Crippen LogP contribution in [0.5, 0.6) is 5.75 Å². The normalized spacial score (nSPS) is 17.6. The lowest BCUT2D eigenvalue weighted by Gasteiger charge is -2.28. The molecule has 1 unspecified atom stereocenters. The number of carbonyl (C=O) groups is 2. The van der Waals surface area contributed by atoms with E-state index >= 15 is 0 Å². The molecule has 0 amide bonds. The number of ether oxygens (including phenoxy) is 2. The Balaban J connectivity index is 2.00. The van der Waals surface area contributed by atoms with E-state index < -0.39 is 11.5 Å². The first-order chi connectivity index (χ1) is 14.7. The van der Waals surface area contributed by atoms with Gasteiger partial charge in [0.1, 0.15) is 17.0 Å². The second-order valence-electron chi connectivity index (χ2n) is 8.83. The molecule has 1 aromatic heterocycles. The van der Waals surface area contributed by atoms with Crippen molar-refractivity contribution in [1.82, 2.24) is 4.98 Å². The van der Waals surface area contributed by atoms with Crippen LogP contribution in [-0.4, -0.2) is 42.7 Å². The summed E-state index contributed by atoms with van der Waals surface area (Å²) in [6, 6.07) is 10.9. The first kappa shape index (κ1) is 22.4. The zero-order chi connectivity index (χ0) is 22.6. The highest BCUT2D eigenvalue weighted by Crippen LogP contribution is 2.34. The third-order valence-electron chi connectivity index (χ3n) is 5.12. The smallest absolute Gasteiger partial charge is 0.356 e. The number of hydrogen-bond donors (Lipinski definition) is 0. The Hall–Kier alpha value is -3.28. The first-order valence-corrected chi connectivity index (χ1v) is 10.2. The SMILES string of the molecule is COC(=O)c1cccc(-c2ccc(OC)c(CC3(C(=O)CC(C)(C)C)C=CC=N3)c2)n1. The van der Waals surface area contributed by atoms with Gasteiger partial charge in [-0.25, -0.2) is 9.78 Å². The molecule has 3 rings (SSSR count). The van der Waals surface area contributed by atoms with Crippen LogP contribution in [0.3, 0.4) is 0 Å². The molecule has 1 aliphatic rings. The van der Waals surface area contributed by atoms with Crippen LogP contribution in [0.1, 0.15) is 43.2 Å². The fourth-order valence-electron chi connectivity index (χ4n) is 3.60. The molecule has 0 fully saturated rings. The minimum absolute atomic E-state index is 0.0725. The van der Waals surface area contributed by atoms with Gasteiger partial charge in [-0.2, -0.15) is 0 Å². The maximum absolute atomic E-state index is 13.2. The van der Waals surface area contributed by atoms with Gasteiger partial charge in [-0.15, -0.1) is 0 Å². The molecule has 0 bridgehead atoms. The minimum atomic E-state index is -0.944. The molecule has 1 atom stereocenters. The molecular weight excluding hydrogens is 392 g/mol. The fourth-order valence-corrected chi connectivity index (χ4v) is 3.60. The number of benzene rings is 1. The second-order valence-corrected chi connectivity index (χ2v) is 8.83. The molecule has 1 aliphatic heterocycles. The van der Waals surface area contributed by atoms with Crippen molar-refractivity contribution in [2.24, 2.45) is 10.4 Å². The van der Waals surface area contributed by atoms with E-state index in [2.05, 4.69) is 9.98 Å². The van der Waals surface area contributed by atoms with Crippen molar-refractivity contribution in [3.8, 4) is 17.0 Å². The summed E-state index contributed by atoms with van der Waals surface area (Å²) in [5, 5.41) is 0. The summed E-state index contributed by atoms with van der Waals surface area (Å²) >= 11 is 0. The van der Waals surface area contributed by atoms with Gasteiger partial charge in [0.15, 0.2) is 5.78 Å². The Morgan fingerprint density at radius 1 is 1.10 bits per heavy atom. The number of nitrogens with zero attached hydrogens (tertiary/aromatic N) is 2. The quantitative estimate of drug-likeness (QED) is 0.618. The van der Waals surface area contributed by atoms with Crippen LogP contribution in [0.15, 0.2) is 53.5 Å². The molecule has 0 saturated carbocycles. The van der Waals surface area contributed by atoms with Gasteiger partial charge in [-0.1, -0.05) is 26.8 Å². The molecule has 0 spiro atoms. The van der Waals surface area contributed by atoms with E-state index in [0.717, 1.165) is 11.1 Å². The summed E-state index contributed by atoms with van der Waals surface area (Å²) in [6.45, 7) is 6.13. The highest BCUT2D eigenvalue weighted by atomic mass is 16.5. The highest BCUT2D eigenvalue weighted by Gasteiger charge is 2.39. The second kappa shape index (κ2) is 8.84. The van der Waals surface area contributed by atoms with Gasteiger partial charge in [0, 0.05) is 24.6 Å². The number of hydrogen-bond acceptors (Lipinski definition) is 6. The third kappa shape index (κ3) is 5.08. The molecule has 0 aliphatic carbocycles. The van der Waals surface area contributed by atoms with E-state index in [1.54, 1.807) is 25.5 Å². The predicted octanol–water partition coefficient (Wildman–Crippen LogP) is 4.47. The Morgan fingerprint density at radius 3 is 2.48 bits per heavy atom. The van der Waals surface area contributed by atoms with Gasteiger partial charge in [-0.05, 0) is 53.5 Å². The van der Waals surface area contributed by atoms with Gasteiger partial charge < -0.3 is 9.47 Å². The van der Waals surface area contributed by atoms with Crippen LogP contribution in [0.25, 0.3) is 11.3 Å². The van der Waals surface area contributed by atoms with Gasteiger partial charge in [0.2, 0.25) is 0 Å². The lowest BCUT2D eigenvalue weighted by molar-refractivity contribution is -0.124. The average Bonchev–Trinajstić information content (AvgIpc) is 3.22. The van der Waals surface area contributed by atoms with Crippen molar-refractivity contribution in [2.75, 3.05) is 14.2 Å². The van der Waals surface area contributed by atoms with Crippen LogP contribution in [-0.2, 0) is 16.0 Å². The van der Waals surface area contributed by atoms with Crippen molar-refractivity contribution in [2.45, 2.75) is 39.2 Å². The third-order valence-corrected chi connectivity index (χ3v) is 5.12. The topological polar surface area (TPSA) is 77.9 Å². The van der Waals surface area contributed by atoms with Crippen molar-refractivity contribution in [1.29, 1.82) is 0 Å². The lowest BCUT2D eigenvalue weighted by Crippen LogP contribution is -2.38. The van der Waals surface area contributed by atoms with Crippen molar-refractivity contribution in [3.63, 3.8) is 0 Å². The van der Waals surface area contributed by atoms with E-state index in [0.29, 0.717) is 24.3 Å². The van der Waals surface area contributed by atoms with E-state index in [1.165, 1.54) is 7.11 Å². The summed E-state index contributed by atoms with van der Waals surface area (Å²) in [5.74, 6) is 0.252. The molecule has 0 saturated heterocycles. The number of methoxy groups -OCH3 is 2. The molecule has 2 heterocycles. The molecule has 0 N–H and O–H groups in total. The molecular formula is C25H28N2O4. The van der Waals surface area contributed by atoms with E-state index in [1.807, 2.05) is 57.2 Å². The lowest BCUT2D eigenvalue weighted by atomic mass is 9.79. The Labute approximate surface area is 183 Å². The Bertz CT molecular complexity index is 1040. The van der Waals surface area contributed by atoms with E-state index in [-0.39, 0.29) is 16.9 Å². The van der Waals surface area contributed by atoms with Crippen LogP contribution >= 0.6 is 0 Å². The maximum Gasteiger partial charge on any atom is 0.356 e. The Morgan fingerprint density at radius 2 is 1.87 bits per heavy atom. The monoisotopic (exact) mass is 420 g/mol. The molecule has 0 radical (unpaired) electrons. The van der Waals surface area contributed by atoms with Gasteiger partial charge in [-0.3, -0.25) is 9.79 Å². The zero-order valence-electron chi connectivity index (χ0n) is 18.6. The number of aliphatic imine (C=N–C) groups is 1. The van der Waals surface area contributed by atoms with E-state index in [4.69, 9.17) is 9.47 Å². The number of ketones is 1. The molecule has 2 aromatic rings. The maximum atomic E-state index is 13.2. The van der Waals surface area contributed by atoms with Crippen LogP contribution in [0.2, 0.25) is 0 Å². The summed E-state index contributed by atoms with van der Waals surface area (Å²) in [7, 11) is 2.93. The zero-order valence-corrected chi connectivity index (χ0v) is 18.6. The Kier molecular flexibility index (Phi) is 6.39. The average molecular weight is 421 g/mol. The largest absolute Gasteiger partial charge is 0.496 e. The van der Waals surface area contributed by atoms with Crippen LogP contribution < -0.4 is 4.74 Å². The number of esters is 1. The summed E-state index contributed by atoms with van der Waals surface area (Å²) in [5.41, 5.74) is 1.44. The number of pyridine rings is 1. The minimum Gasteiger partial charge on any atom is -0.496 e. The fraction of sp³-hybridized carbons (Fsp3) is 0.360. The summed E-state index contributed by atoms with van der Waals surface area (Å²) in [4.78, 5) is 34.1. The molecule has 6 nitrogen and oxygen atoms in total. The van der Waals surface area contributed by atoms with E-state index in [9.17, 15) is 9.59 Å². The number of allylic oxidation sites excluding steroid dienone is 1. The van der Waals surface area contributed by atoms with Gasteiger partial charge in [0.05, 0.1) is 19.9 Å². The van der Waals surface area contributed by atoms with Crippen molar-refractivity contribution >= 4 is 18.0 Å². The first-order valence-electron chi connectivity index (χ1n) is 10.2. The standard InChI is InChI=1S/C25H28N2O4/c1-24(2,3)16-22(28)25(12-7-13-26-25)15-18-14-17(10-11-21(18)30-4)19-8-6-9-20(27-19)23(29)31-5/h6-14H,15-16H2,1-5H3. The van der Waals surface area contributed by atoms with Gasteiger partial charge >= 0.3 is 5.97 Å². The van der Waals surface area contributed by atoms with Gasteiger partial charge in [0.25, 0.3) is 0 Å². The molecule has 31 heavy (non-hydrogen) atoms. The summed E-state index contributed by atoms with van der Waals surface area (Å²) < 4.78 is 10.3. The number of aromatic nitrogens is 1. The van der Waals surface area contributed by atoms with Crippen molar-refractivity contribution in [3.05, 3.63) is 59.8 Å². The predicted molar refractivity (Wildman–Crippen MR) is 121 cm³/mol. The number of Topliss-reactive ketones (excluding diaryl/α,β-unsaturated/α-hetero) is 1. The summed E-state index contributed by atoms with van der Waals surface area (Å²) in [6.07, 6.45) is 6.15. The number of carbonyl (C=O) groups excluding carboxylic acids is 2. The van der Waals surface area contributed by atoms with Crippen LogP contribution in [0.4, 0.5) is 0 Å².